The molecule has 0 aliphatic heterocycles. The summed E-state index contributed by atoms with van der Waals surface area (Å²) >= 11 is 0. The molecule has 0 aromatic rings. The van der Waals surface area contributed by atoms with Gasteiger partial charge in [0.25, 0.3) is 0 Å². The van der Waals surface area contributed by atoms with E-state index in [4.69, 9.17) is 123 Å². The third kappa shape index (κ3) is 6800. The molecule has 0 aliphatic rings. The molecule has 0 aromatic heterocycles. The second-order valence-electron chi connectivity index (χ2n) is 2.86. The molecule has 0 bridgehead atoms. The summed E-state index contributed by atoms with van der Waals surface area (Å²) in [7, 11) is -36.2. The molecule has 0 aliphatic carbocycles. The van der Waals surface area contributed by atoms with E-state index in [9.17, 15) is 0 Å². The summed E-state index contributed by atoms with van der Waals surface area (Å²) < 4.78 is 239. The smallest absolute Gasteiger partial charge is 0.870 e. The molecule has 313 valence electrons. The maximum atomic E-state index is 8.52. The summed E-state index contributed by atoms with van der Waals surface area (Å²) in [5.74, 6) is 0. The van der Waals surface area contributed by atoms with Gasteiger partial charge < -0.3 is 102 Å². The topological polar surface area (TPSA) is 772 Å². The van der Waals surface area contributed by atoms with Crippen molar-refractivity contribution in [3.8, 4) is 0 Å². The minimum absolute atomic E-state index is 0. The Hall–Kier alpha value is 4.73. The van der Waals surface area contributed by atoms with E-state index < -0.39 is 72.8 Å². The quantitative estimate of drug-likeness (QED) is 0.123. The first kappa shape index (κ1) is 156. The summed E-state index contributed by atoms with van der Waals surface area (Å²) in [6.45, 7) is 0. The Morgan fingerprint density at radius 2 is 0.196 bits per heavy atom. The van der Waals surface area contributed by atoms with Gasteiger partial charge in [-0.2, -0.15) is 0 Å². The number of rotatable bonds is 0. The predicted molar refractivity (Wildman–Crippen MR) is 121 cm³/mol. The third-order valence-corrected chi connectivity index (χ3v) is 0. The molecule has 9 radical (unpaired) electrons. The molecule has 0 rings (SSSR count). The first-order valence-electron chi connectivity index (χ1n) is 4.67. The van der Waals surface area contributed by atoms with Gasteiger partial charge in [0.15, 0.2) is 0 Å². The van der Waals surface area contributed by atoms with Gasteiger partial charge in [-0.05, 0) is 0 Å². The molecule has 0 spiro atoms. The minimum atomic E-state index is -5.17. The molecular formula is H7Al3Cu3O35Pb3S7. The van der Waals surface area contributed by atoms with E-state index in [1.807, 2.05) is 0 Å². The maximum Gasteiger partial charge on any atom is 3.00 e. The molecule has 51 heteroatoms. The third-order valence-electron chi connectivity index (χ3n) is 0. The first-order chi connectivity index (χ1) is 14.0. The van der Waals surface area contributed by atoms with Crippen molar-refractivity contribution >= 4 is 207 Å². The number of hydrogen-bond donors (Lipinski definition) is 0. The van der Waals surface area contributed by atoms with E-state index in [0.29, 0.717) is 0 Å². The Morgan fingerprint density at radius 3 is 0.196 bits per heavy atom. The van der Waals surface area contributed by atoms with Crippen LogP contribution in [0.25, 0.3) is 0 Å². The summed E-state index contributed by atoms with van der Waals surface area (Å²) in [5.41, 5.74) is 0. The fraction of sp³-hybridized carbons (Fsp3) is 0. The Balaban J connectivity index is -0.00000000812. The van der Waals surface area contributed by atoms with Crippen molar-refractivity contribution in [1.82, 2.24) is 0 Å². The van der Waals surface area contributed by atoms with Crippen LogP contribution in [0.2, 0.25) is 0 Å². The van der Waals surface area contributed by atoms with E-state index in [-0.39, 0.29) is 224 Å². The van der Waals surface area contributed by atoms with E-state index >= 15 is 0 Å². The van der Waals surface area contributed by atoms with E-state index in [1.165, 1.54) is 0 Å². The van der Waals surface area contributed by atoms with Gasteiger partial charge >= 0.3 is 185 Å². The van der Waals surface area contributed by atoms with Crippen molar-refractivity contribution in [2.45, 2.75) is 0 Å². The SMILES string of the molecule is O=S(=O)([O-])[O-].O=S(=O)([O-])[O-].O=S(=O)([O-])[O-].O=S(=O)([O-])[O-].O=S(=O)([O-])[O-].O=S(=O)([O-])[O-].O=S(=O)([O-])[O-].[Al+3].[Al+3].[Al+3].[Cu+2].[Cu+2].[Cu+2].[OH-].[OH-].[OH-].[OH-].[OH-].[OH-].[OH-].[Pb+2].[Pb+2].[Pb+2]. The molecule has 7 N–H and O–H groups in total. The van der Waals surface area contributed by atoms with E-state index in [1.54, 1.807) is 0 Å². The van der Waals surface area contributed by atoms with Crippen molar-refractivity contribution in [2.75, 3.05) is 0 Å². The Kier molecular flexibility index (Phi) is 221. The van der Waals surface area contributed by atoms with Gasteiger partial charge in [-0.15, -0.1) is 0 Å². The van der Waals surface area contributed by atoms with Crippen molar-refractivity contribution < 1.29 is 212 Å². The molecule has 0 amide bonds. The standard InChI is InChI=1S/3Al.3Cu.7H2O4S.7H2O.3Pb/c;;;;;;7*1-5(2,3)4;;;;;;;;;;/h;;;;;;7*(H2,1,2,3,4);7*1H2;;;/q3*+3;3*+2;;;;;;;;;;;;;;;3*+2/p-21. The van der Waals surface area contributed by atoms with Gasteiger partial charge in [0, 0.05) is 72.8 Å². The van der Waals surface area contributed by atoms with Crippen molar-refractivity contribution in [3.05, 3.63) is 0 Å². The summed E-state index contributed by atoms with van der Waals surface area (Å²) in [4.78, 5) is 0. The summed E-state index contributed by atoms with van der Waals surface area (Å²) in [6.07, 6.45) is 0. The Labute approximate surface area is 412 Å². The van der Waals surface area contributed by atoms with Gasteiger partial charge in [-0.1, -0.05) is 0 Å². The maximum absolute atomic E-state index is 8.52. The van der Waals surface area contributed by atoms with Crippen molar-refractivity contribution in [1.29, 1.82) is 0 Å². The van der Waals surface area contributed by atoms with Gasteiger partial charge in [0.1, 0.15) is 0 Å². The molecule has 51 heavy (non-hydrogen) atoms. The average Bonchev–Trinajstić information content (AvgIpc) is 2.06. The predicted octanol–water partition coefficient (Wildman–Crippen LogP) is -12.9. The van der Waals surface area contributed by atoms with Crippen LogP contribution >= 0.6 is 0 Å². The molecule has 0 unspecified atom stereocenters. The van der Waals surface area contributed by atoms with Crippen LogP contribution in [-0.2, 0) is 124 Å². The monoisotopic (exact) mass is 1680 g/mol. The summed E-state index contributed by atoms with van der Waals surface area (Å²) in [5, 5.41) is 0. The molecule has 0 heterocycles. The Morgan fingerprint density at radius 1 is 0.196 bits per heavy atom. The molecule has 0 aromatic carbocycles. The summed E-state index contributed by atoms with van der Waals surface area (Å²) in [6, 6.07) is 0. The zero-order valence-electron chi connectivity index (χ0n) is 21.6. The Bertz CT molecular complexity index is 953. The van der Waals surface area contributed by atoms with E-state index in [2.05, 4.69) is 0 Å². The average molecular weight is 1680 g/mol. The number of hydrogen-bond acceptors (Lipinski definition) is 35. The van der Waals surface area contributed by atoms with Crippen molar-refractivity contribution in [3.63, 3.8) is 0 Å². The zero-order chi connectivity index (χ0) is 31.5. The van der Waals surface area contributed by atoms with E-state index in [0.717, 1.165) is 0 Å². The van der Waals surface area contributed by atoms with Gasteiger partial charge in [-0.3, -0.25) is 58.9 Å². The minimum Gasteiger partial charge on any atom is -0.870 e. The molecule has 0 atom stereocenters. The molecule has 0 saturated heterocycles. The molecular weight excluding hydrogens is 1680 g/mol. The van der Waals surface area contributed by atoms with Gasteiger partial charge in [0.05, 0.1) is 0 Å². The van der Waals surface area contributed by atoms with Crippen LogP contribution in [0, 0.1) is 0 Å². The largest absolute Gasteiger partial charge is 3.00 e. The van der Waals surface area contributed by atoms with Crippen LogP contribution in [0.1, 0.15) is 0 Å². The first-order valence-corrected chi connectivity index (χ1v) is 14.0. The van der Waals surface area contributed by atoms with Crippen LogP contribution in [-0.4, -0.2) is 295 Å². The zero-order valence-corrected chi connectivity index (χ0v) is 45.2. The van der Waals surface area contributed by atoms with Crippen LogP contribution in [0.3, 0.4) is 0 Å². The fourth-order valence-corrected chi connectivity index (χ4v) is 0. The van der Waals surface area contributed by atoms with Crippen LogP contribution in [0.15, 0.2) is 0 Å². The van der Waals surface area contributed by atoms with Crippen LogP contribution in [0.5, 0.6) is 0 Å². The van der Waals surface area contributed by atoms with Crippen molar-refractivity contribution in [2.24, 2.45) is 0 Å². The van der Waals surface area contributed by atoms with Crippen LogP contribution < -0.4 is 0 Å². The van der Waals surface area contributed by atoms with Crippen LogP contribution in [0.4, 0.5) is 0 Å². The normalized spacial score (nSPS) is 7.96. The van der Waals surface area contributed by atoms with Gasteiger partial charge in [-0.25, -0.2) is 0 Å². The second kappa shape index (κ2) is 72.4. The fourth-order valence-electron chi connectivity index (χ4n) is 0. The molecule has 35 nitrogen and oxygen atoms in total. The molecule has 0 saturated carbocycles. The van der Waals surface area contributed by atoms with Gasteiger partial charge in [0.2, 0.25) is 0 Å². The second-order valence-corrected chi connectivity index (χ2v) is 8.57. The molecule has 0 fully saturated rings.